The van der Waals surface area contributed by atoms with Crippen LogP contribution < -0.4 is 0 Å². The summed E-state index contributed by atoms with van der Waals surface area (Å²) in [5.74, 6) is 1.40. The molecule has 0 aromatic carbocycles. The van der Waals surface area contributed by atoms with E-state index < -0.39 is 16.7 Å². The van der Waals surface area contributed by atoms with Crippen LogP contribution in [0, 0.1) is 11.8 Å². The molecule has 0 saturated heterocycles. The van der Waals surface area contributed by atoms with Gasteiger partial charge in [0.25, 0.3) is 0 Å². The van der Waals surface area contributed by atoms with Crippen molar-refractivity contribution >= 4 is 16.7 Å². The van der Waals surface area contributed by atoms with Crippen LogP contribution in [0.4, 0.5) is 3.29 Å². The first-order valence-electron chi connectivity index (χ1n) is 8.31. The Morgan fingerprint density at radius 2 is 1.17 bits per heavy atom. The summed E-state index contributed by atoms with van der Waals surface area (Å²) >= 11 is -2.42. The monoisotopic (exact) mass is 314 g/mol. The van der Waals surface area contributed by atoms with Crippen molar-refractivity contribution in [2.75, 3.05) is 0 Å². The summed E-state index contributed by atoms with van der Waals surface area (Å²) in [6, 6.07) is 0. The maximum atomic E-state index is 14.3. The third-order valence-corrected chi connectivity index (χ3v) is 9.21. The van der Waals surface area contributed by atoms with Crippen molar-refractivity contribution in [3.8, 4) is 0 Å². The van der Waals surface area contributed by atoms with E-state index in [0.29, 0.717) is 11.8 Å². The number of hydrogen-bond donors (Lipinski definition) is 0. The van der Waals surface area contributed by atoms with Gasteiger partial charge in [-0.1, -0.05) is 0 Å². The average Bonchev–Trinajstić information content (AvgIpc) is 2.39. The molecule has 0 aromatic heterocycles. The molecule has 0 aromatic rings. The van der Waals surface area contributed by atoms with Crippen LogP contribution in [-0.4, -0.2) is 16.7 Å². The molecule has 0 aliphatic rings. The molecular weight excluding hydrogens is 281 g/mol. The molecule has 2 atom stereocenters. The zero-order valence-corrected chi connectivity index (χ0v) is 15.6. The van der Waals surface area contributed by atoms with E-state index in [0.717, 1.165) is 9.95 Å². The van der Waals surface area contributed by atoms with E-state index in [2.05, 4.69) is 27.7 Å². The van der Waals surface area contributed by atoms with Crippen molar-refractivity contribution in [1.82, 2.24) is 0 Å². The van der Waals surface area contributed by atoms with Crippen LogP contribution in [0.3, 0.4) is 0 Å². The molecule has 0 amide bonds. The third-order valence-electron chi connectivity index (χ3n) is 4.26. The fourth-order valence-electron chi connectivity index (χ4n) is 2.78. The molecule has 0 heterocycles. The molecule has 0 bridgehead atoms. The van der Waals surface area contributed by atoms with Crippen LogP contribution in [0.2, 0.25) is 9.95 Å². The van der Waals surface area contributed by atoms with Crippen molar-refractivity contribution in [2.24, 2.45) is 11.8 Å². The molecule has 0 aliphatic carbocycles. The Labute approximate surface area is 121 Å². The first-order valence-corrected chi connectivity index (χ1v) is 12.7. The second-order valence-corrected chi connectivity index (χ2v) is 10.4. The van der Waals surface area contributed by atoms with Crippen LogP contribution in [0.15, 0.2) is 0 Å². The maximum absolute atomic E-state index is 14.3. The van der Waals surface area contributed by atoms with Crippen molar-refractivity contribution in [1.29, 1.82) is 0 Å². The Balaban J connectivity index is 3.92. The van der Waals surface area contributed by atoms with Gasteiger partial charge in [0.05, 0.1) is 0 Å². The zero-order chi connectivity index (χ0) is 13.8. The standard InChI is InChI=1S/2C8H17.FH.Ga/c2*1-4-6-7-8(3)5-2;;/h2*8H,3-7H2,1-2H3;1H;/q;;;+1/p-1. The van der Waals surface area contributed by atoms with E-state index in [9.17, 15) is 3.29 Å². The normalized spacial score (nSPS) is 14.5. The first-order chi connectivity index (χ1) is 8.67. The molecule has 0 saturated carbocycles. The third kappa shape index (κ3) is 9.49. The molecule has 2 unspecified atom stereocenters. The van der Waals surface area contributed by atoms with Crippen molar-refractivity contribution in [2.45, 2.75) is 89.0 Å². The van der Waals surface area contributed by atoms with Crippen molar-refractivity contribution in [3.63, 3.8) is 0 Å². The Hall–Kier alpha value is 0.566. The van der Waals surface area contributed by atoms with Gasteiger partial charge in [-0.05, 0) is 0 Å². The minimum atomic E-state index is -2.42. The van der Waals surface area contributed by atoms with E-state index in [-0.39, 0.29) is 0 Å². The number of rotatable bonds is 12. The minimum absolute atomic E-state index is 0.698. The topological polar surface area (TPSA) is 0 Å². The van der Waals surface area contributed by atoms with Crippen molar-refractivity contribution in [3.05, 3.63) is 0 Å². The van der Waals surface area contributed by atoms with Gasteiger partial charge in [0.15, 0.2) is 0 Å². The molecular formula is C16H34FGa. The second-order valence-electron chi connectivity index (χ2n) is 5.90. The molecule has 0 radical (unpaired) electrons. The van der Waals surface area contributed by atoms with Crippen LogP contribution in [0.25, 0.3) is 0 Å². The Bertz CT molecular complexity index is 154. The van der Waals surface area contributed by atoms with Crippen LogP contribution in [0.5, 0.6) is 0 Å². The van der Waals surface area contributed by atoms with Gasteiger partial charge in [-0.15, -0.1) is 0 Å². The Morgan fingerprint density at radius 3 is 1.44 bits per heavy atom. The predicted molar refractivity (Wildman–Crippen MR) is 83.1 cm³/mol. The van der Waals surface area contributed by atoms with Crippen LogP contribution in [-0.2, 0) is 0 Å². The van der Waals surface area contributed by atoms with Gasteiger partial charge in [-0.3, -0.25) is 0 Å². The average molecular weight is 315 g/mol. The summed E-state index contributed by atoms with van der Waals surface area (Å²) in [4.78, 5) is 1.98. The van der Waals surface area contributed by atoms with E-state index in [1.165, 1.54) is 51.4 Å². The van der Waals surface area contributed by atoms with E-state index in [1.807, 2.05) is 0 Å². The van der Waals surface area contributed by atoms with Crippen molar-refractivity contribution < 1.29 is 3.29 Å². The zero-order valence-electron chi connectivity index (χ0n) is 13.2. The van der Waals surface area contributed by atoms with Gasteiger partial charge < -0.3 is 0 Å². The Kier molecular flexibility index (Phi) is 13.0. The fourth-order valence-corrected chi connectivity index (χ4v) is 8.61. The summed E-state index contributed by atoms with van der Waals surface area (Å²) in [7, 11) is 0. The van der Waals surface area contributed by atoms with Gasteiger partial charge in [-0.25, -0.2) is 0 Å². The molecule has 0 N–H and O–H groups in total. The summed E-state index contributed by atoms with van der Waals surface area (Å²) < 4.78 is 14.3. The van der Waals surface area contributed by atoms with Gasteiger partial charge >= 0.3 is 121 Å². The summed E-state index contributed by atoms with van der Waals surface area (Å²) in [6.45, 7) is 8.95. The van der Waals surface area contributed by atoms with Crippen LogP contribution in [0.1, 0.15) is 79.1 Å². The van der Waals surface area contributed by atoms with Gasteiger partial charge in [0, 0.05) is 0 Å². The molecule has 0 aliphatic heterocycles. The molecule has 0 rings (SSSR count). The Morgan fingerprint density at radius 1 is 0.778 bits per heavy atom. The summed E-state index contributed by atoms with van der Waals surface area (Å²) in [5, 5.41) is 0. The van der Waals surface area contributed by atoms with E-state index in [4.69, 9.17) is 0 Å². The molecule has 0 nitrogen and oxygen atoms in total. The van der Waals surface area contributed by atoms with Crippen LogP contribution >= 0.6 is 0 Å². The summed E-state index contributed by atoms with van der Waals surface area (Å²) in [5.41, 5.74) is 0. The quantitative estimate of drug-likeness (QED) is 0.367. The van der Waals surface area contributed by atoms with E-state index >= 15 is 0 Å². The second kappa shape index (κ2) is 12.6. The first kappa shape index (κ1) is 18.6. The number of hydrogen-bond acceptors (Lipinski definition) is 0. The van der Waals surface area contributed by atoms with E-state index in [1.54, 1.807) is 0 Å². The SMILES string of the molecule is CCCCC(CC)[CH2][Ga]([F])[CH2]C(CC)CCCC. The number of unbranched alkanes of at least 4 members (excludes halogenated alkanes) is 2. The molecule has 18 heavy (non-hydrogen) atoms. The molecule has 108 valence electrons. The van der Waals surface area contributed by atoms with Gasteiger partial charge in [0.1, 0.15) is 0 Å². The van der Waals surface area contributed by atoms with Gasteiger partial charge in [0.2, 0.25) is 0 Å². The number of halogens is 1. The summed E-state index contributed by atoms with van der Waals surface area (Å²) in [6.07, 6.45) is 10.0. The fraction of sp³-hybridized carbons (Fsp3) is 1.00. The van der Waals surface area contributed by atoms with Gasteiger partial charge in [-0.2, -0.15) is 0 Å². The predicted octanol–water partition coefficient (Wildman–Crippen LogP) is 6.38. The molecule has 2 heteroatoms. The molecule has 0 spiro atoms. The molecule has 0 fully saturated rings.